The summed E-state index contributed by atoms with van der Waals surface area (Å²) >= 11 is 0. The number of carbonyl (C=O) groups is 1. The molecule has 1 amide bonds. The fraction of sp³-hybridized carbons (Fsp3) is 0.381. The molecule has 2 aromatic carbocycles. The molecule has 0 bridgehead atoms. The summed E-state index contributed by atoms with van der Waals surface area (Å²) in [7, 11) is 1.96. The summed E-state index contributed by atoms with van der Waals surface area (Å²) in [6.45, 7) is 3.84. The molecule has 1 heterocycles. The number of carboxylic acid groups (broad SMARTS) is 1. The maximum Gasteiger partial charge on any atom is 0.412 e. The molecule has 3 rings (SSSR count). The molecule has 1 aliphatic heterocycles. The fourth-order valence-corrected chi connectivity index (χ4v) is 3.67. The zero-order chi connectivity index (χ0) is 18.4. The molecular weight excluding hydrogens is 326 g/mol. The van der Waals surface area contributed by atoms with Crippen LogP contribution in [0.4, 0.5) is 10.5 Å². The second kappa shape index (κ2) is 8.83. The maximum absolute atomic E-state index is 12.1. The predicted octanol–water partition coefficient (Wildman–Crippen LogP) is 3.52. The maximum atomic E-state index is 12.1. The Kier molecular flexibility index (Phi) is 6.26. The number of amides is 1. The van der Waals surface area contributed by atoms with E-state index in [4.69, 9.17) is 0 Å². The van der Waals surface area contributed by atoms with Crippen molar-refractivity contribution in [2.75, 3.05) is 38.1 Å². The summed E-state index contributed by atoms with van der Waals surface area (Å²) in [6, 6.07) is 17.8. The first kappa shape index (κ1) is 18.4. The van der Waals surface area contributed by atoms with Crippen LogP contribution in [0.5, 0.6) is 0 Å². The van der Waals surface area contributed by atoms with Gasteiger partial charge < -0.3 is 15.3 Å². The Hall–Kier alpha value is -2.37. The molecule has 2 N–H and O–H groups in total. The van der Waals surface area contributed by atoms with Crippen LogP contribution in [0.3, 0.4) is 0 Å². The molecular formula is C21H27N3O2. The van der Waals surface area contributed by atoms with Crippen molar-refractivity contribution >= 4 is 11.8 Å². The monoisotopic (exact) mass is 353 g/mol. The number of likely N-dealkylation sites (tertiary alicyclic amines) is 1. The Bertz CT molecular complexity index is 712. The molecule has 1 saturated heterocycles. The van der Waals surface area contributed by atoms with E-state index in [9.17, 15) is 9.90 Å². The number of benzene rings is 2. The second-order valence-corrected chi connectivity index (χ2v) is 6.71. The molecule has 0 unspecified atom stereocenters. The number of likely N-dealkylation sites (N-methyl/N-ethyl adjacent to an activating group) is 1. The van der Waals surface area contributed by atoms with E-state index >= 15 is 0 Å². The van der Waals surface area contributed by atoms with Crippen LogP contribution in [0.15, 0.2) is 54.6 Å². The lowest BCUT2D eigenvalue weighted by Gasteiger charge is -2.37. The van der Waals surface area contributed by atoms with E-state index in [1.807, 2.05) is 61.6 Å². The number of piperidine rings is 1. The van der Waals surface area contributed by atoms with Gasteiger partial charge in [-0.15, -0.1) is 0 Å². The highest BCUT2D eigenvalue weighted by atomic mass is 16.4. The van der Waals surface area contributed by atoms with Gasteiger partial charge in [0.1, 0.15) is 0 Å². The Balaban J connectivity index is 1.83. The van der Waals surface area contributed by atoms with Crippen LogP contribution >= 0.6 is 0 Å². The van der Waals surface area contributed by atoms with Crippen LogP contribution in [-0.2, 0) is 0 Å². The molecule has 5 heteroatoms. The Morgan fingerprint density at radius 1 is 1.12 bits per heavy atom. The molecule has 0 aliphatic carbocycles. The van der Waals surface area contributed by atoms with Gasteiger partial charge in [0.2, 0.25) is 0 Å². The lowest BCUT2D eigenvalue weighted by Crippen LogP contribution is -2.48. The van der Waals surface area contributed by atoms with Crippen LogP contribution in [0.1, 0.15) is 12.8 Å². The number of hydrogen-bond acceptors (Lipinski definition) is 3. The van der Waals surface area contributed by atoms with Crippen molar-refractivity contribution in [3.8, 4) is 11.1 Å². The van der Waals surface area contributed by atoms with E-state index in [0.717, 1.165) is 55.8 Å². The molecule has 0 radical (unpaired) electrons. The molecule has 2 aromatic rings. The third-order valence-electron chi connectivity index (χ3n) is 5.05. The Morgan fingerprint density at radius 2 is 1.77 bits per heavy atom. The molecule has 0 saturated carbocycles. The lowest BCUT2D eigenvalue weighted by molar-refractivity contribution is 0.182. The second-order valence-electron chi connectivity index (χ2n) is 6.71. The van der Waals surface area contributed by atoms with E-state index < -0.39 is 6.09 Å². The largest absolute Gasteiger partial charge is 0.465 e. The zero-order valence-electron chi connectivity index (χ0n) is 15.3. The van der Waals surface area contributed by atoms with Crippen molar-refractivity contribution < 1.29 is 9.90 Å². The molecule has 1 aliphatic rings. The van der Waals surface area contributed by atoms with Gasteiger partial charge in [0.25, 0.3) is 0 Å². The minimum atomic E-state index is -0.873. The fourth-order valence-electron chi connectivity index (χ4n) is 3.67. The van der Waals surface area contributed by atoms with Crippen molar-refractivity contribution in [3.63, 3.8) is 0 Å². The van der Waals surface area contributed by atoms with Crippen molar-refractivity contribution in [3.05, 3.63) is 54.6 Å². The molecule has 5 nitrogen and oxygen atoms in total. The van der Waals surface area contributed by atoms with E-state index in [0.29, 0.717) is 0 Å². The summed E-state index contributed by atoms with van der Waals surface area (Å²) in [5.41, 5.74) is 2.79. The number of hydrogen-bond donors (Lipinski definition) is 2. The average Bonchev–Trinajstić information content (AvgIpc) is 2.68. The van der Waals surface area contributed by atoms with E-state index in [2.05, 4.69) is 10.2 Å². The summed E-state index contributed by atoms with van der Waals surface area (Å²) in [4.78, 5) is 16.1. The highest BCUT2D eigenvalue weighted by molar-refractivity contribution is 5.93. The minimum absolute atomic E-state index is 0.0168. The van der Waals surface area contributed by atoms with Crippen LogP contribution in [0.2, 0.25) is 0 Å². The third kappa shape index (κ3) is 4.23. The molecule has 138 valence electrons. The van der Waals surface area contributed by atoms with Gasteiger partial charge in [-0.3, -0.25) is 4.90 Å². The summed E-state index contributed by atoms with van der Waals surface area (Å²) in [5.74, 6) is 0. The lowest BCUT2D eigenvalue weighted by atomic mass is 9.98. The highest BCUT2D eigenvalue weighted by Crippen LogP contribution is 2.33. The van der Waals surface area contributed by atoms with E-state index in [1.54, 1.807) is 4.90 Å². The molecule has 0 aromatic heterocycles. The number of para-hydroxylation sites is 1. The summed E-state index contributed by atoms with van der Waals surface area (Å²) < 4.78 is 0. The first-order chi connectivity index (χ1) is 12.7. The SMILES string of the molecule is CNCCN1CCC(N(C(=O)O)c2ccccc2-c2ccccc2)CC1. The van der Waals surface area contributed by atoms with Crippen molar-refractivity contribution in [1.82, 2.24) is 10.2 Å². The van der Waals surface area contributed by atoms with Gasteiger partial charge in [0.15, 0.2) is 0 Å². The van der Waals surface area contributed by atoms with Gasteiger partial charge in [0, 0.05) is 37.8 Å². The zero-order valence-corrected chi connectivity index (χ0v) is 15.3. The number of anilines is 1. The van der Waals surface area contributed by atoms with Gasteiger partial charge in [0.05, 0.1) is 5.69 Å². The third-order valence-corrected chi connectivity index (χ3v) is 5.05. The van der Waals surface area contributed by atoms with Crippen molar-refractivity contribution in [2.45, 2.75) is 18.9 Å². The van der Waals surface area contributed by atoms with E-state index in [1.165, 1.54) is 0 Å². The van der Waals surface area contributed by atoms with Crippen LogP contribution in [-0.4, -0.2) is 55.4 Å². The van der Waals surface area contributed by atoms with Gasteiger partial charge in [-0.1, -0.05) is 48.5 Å². The quantitative estimate of drug-likeness (QED) is 0.834. The summed E-state index contributed by atoms with van der Waals surface area (Å²) in [6.07, 6.45) is 0.847. The molecule has 0 spiro atoms. The van der Waals surface area contributed by atoms with Crippen LogP contribution < -0.4 is 10.2 Å². The molecule has 26 heavy (non-hydrogen) atoms. The highest BCUT2D eigenvalue weighted by Gasteiger charge is 2.30. The number of nitrogens with one attached hydrogen (secondary N) is 1. The van der Waals surface area contributed by atoms with Crippen molar-refractivity contribution in [1.29, 1.82) is 0 Å². The average molecular weight is 353 g/mol. The van der Waals surface area contributed by atoms with Gasteiger partial charge in [-0.2, -0.15) is 0 Å². The molecule has 1 fully saturated rings. The van der Waals surface area contributed by atoms with Crippen molar-refractivity contribution in [2.24, 2.45) is 0 Å². The Labute approximate surface area is 155 Å². The predicted molar refractivity (Wildman–Crippen MR) is 106 cm³/mol. The standard InChI is InChI=1S/C21H27N3O2/c1-22-13-16-23-14-11-18(12-15-23)24(21(25)26)20-10-6-5-9-19(20)17-7-3-2-4-8-17/h2-10,18,22H,11-16H2,1H3,(H,25,26). The first-order valence-electron chi connectivity index (χ1n) is 9.24. The smallest absolute Gasteiger partial charge is 0.412 e. The Morgan fingerprint density at radius 3 is 2.42 bits per heavy atom. The van der Waals surface area contributed by atoms with Gasteiger partial charge >= 0.3 is 6.09 Å². The van der Waals surface area contributed by atoms with Crippen LogP contribution in [0, 0.1) is 0 Å². The van der Waals surface area contributed by atoms with E-state index in [-0.39, 0.29) is 6.04 Å². The first-order valence-corrected chi connectivity index (χ1v) is 9.24. The van der Waals surface area contributed by atoms with Crippen LogP contribution in [0.25, 0.3) is 11.1 Å². The number of nitrogens with zero attached hydrogens (tertiary/aromatic N) is 2. The summed E-state index contributed by atoms with van der Waals surface area (Å²) in [5, 5.41) is 13.1. The molecule has 0 atom stereocenters. The normalized spacial score (nSPS) is 15.7. The number of rotatable bonds is 6. The van der Waals surface area contributed by atoms with Gasteiger partial charge in [-0.05, 0) is 31.5 Å². The topological polar surface area (TPSA) is 55.8 Å². The van der Waals surface area contributed by atoms with Gasteiger partial charge in [-0.25, -0.2) is 4.79 Å². The minimum Gasteiger partial charge on any atom is -0.465 e.